The number of methoxy groups -OCH3 is 1. The molecule has 2 unspecified atom stereocenters. The van der Waals surface area contributed by atoms with Crippen molar-refractivity contribution in [2.45, 2.75) is 25.3 Å². The molecule has 0 saturated carbocycles. The van der Waals surface area contributed by atoms with E-state index in [1.165, 1.54) is 7.11 Å². The summed E-state index contributed by atoms with van der Waals surface area (Å²) in [5, 5.41) is 0.550. The molecule has 6 heteroatoms. The summed E-state index contributed by atoms with van der Waals surface area (Å²) in [6, 6.07) is 6.80. The van der Waals surface area contributed by atoms with Crippen LogP contribution >= 0.6 is 11.6 Å². The molecule has 1 saturated heterocycles. The fourth-order valence-corrected chi connectivity index (χ4v) is 3.97. The molecular formula is C20H25ClN2O3. The number of hydrogen-bond donors (Lipinski definition) is 0. The maximum Gasteiger partial charge on any atom is 0.327 e. The number of rotatable bonds is 5. The Morgan fingerprint density at radius 1 is 1.23 bits per heavy atom. The zero-order chi connectivity index (χ0) is 18.5. The molecule has 1 aliphatic carbocycles. The van der Waals surface area contributed by atoms with Crippen LogP contribution in [0.5, 0.6) is 0 Å². The monoisotopic (exact) mass is 376 g/mol. The standard InChI is InChI=1S/C20H25ClN2O3/c1-26-20(25)19(16-8-4-5-9-17(16)21)23-12-10-22(11-13-23)18(24)14-15-6-2-3-7-15/h2,4-6,8-9,15,19H,3,7,10-14H2,1H3. The number of nitrogens with zero attached hydrogens (tertiary/aromatic N) is 2. The summed E-state index contributed by atoms with van der Waals surface area (Å²) in [7, 11) is 1.39. The minimum Gasteiger partial charge on any atom is -0.468 e. The highest BCUT2D eigenvalue weighted by molar-refractivity contribution is 6.31. The lowest BCUT2D eigenvalue weighted by atomic mass is 10.0. The summed E-state index contributed by atoms with van der Waals surface area (Å²) in [5.74, 6) is 0.258. The van der Waals surface area contributed by atoms with Crippen LogP contribution in [0.1, 0.15) is 30.9 Å². The summed E-state index contributed by atoms with van der Waals surface area (Å²) < 4.78 is 5.01. The predicted octanol–water partition coefficient (Wildman–Crippen LogP) is 3.05. The molecule has 1 aromatic rings. The van der Waals surface area contributed by atoms with Gasteiger partial charge in [-0.05, 0) is 30.4 Å². The van der Waals surface area contributed by atoms with Crippen LogP contribution in [0.3, 0.4) is 0 Å². The maximum absolute atomic E-state index is 12.5. The van der Waals surface area contributed by atoms with Gasteiger partial charge in [0.15, 0.2) is 0 Å². The molecule has 1 amide bonds. The molecule has 3 rings (SSSR count). The number of amides is 1. The van der Waals surface area contributed by atoms with Crippen LogP contribution in [-0.2, 0) is 14.3 Å². The Bertz CT molecular complexity index is 683. The first-order chi connectivity index (χ1) is 12.6. The van der Waals surface area contributed by atoms with Crippen LogP contribution in [0, 0.1) is 5.92 Å². The van der Waals surface area contributed by atoms with Crippen LogP contribution in [0.25, 0.3) is 0 Å². The van der Waals surface area contributed by atoms with Crippen LogP contribution in [0.15, 0.2) is 36.4 Å². The first-order valence-corrected chi connectivity index (χ1v) is 9.48. The lowest BCUT2D eigenvalue weighted by Gasteiger charge is -2.38. The number of benzene rings is 1. The third kappa shape index (κ3) is 4.27. The normalized spacial score (nSPS) is 21.6. The predicted molar refractivity (Wildman–Crippen MR) is 101 cm³/mol. The summed E-state index contributed by atoms with van der Waals surface area (Å²) in [6.45, 7) is 2.48. The van der Waals surface area contributed by atoms with Gasteiger partial charge in [0.25, 0.3) is 0 Å². The largest absolute Gasteiger partial charge is 0.468 e. The number of piperazine rings is 1. The minimum atomic E-state index is -0.538. The number of carbonyl (C=O) groups is 2. The van der Waals surface area contributed by atoms with Gasteiger partial charge < -0.3 is 9.64 Å². The summed E-state index contributed by atoms with van der Waals surface area (Å²) in [4.78, 5) is 28.9. The first kappa shape index (κ1) is 18.9. The molecule has 1 aromatic carbocycles. The highest BCUT2D eigenvalue weighted by Crippen LogP contribution is 2.30. The Morgan fingerprint density at radius 3 is 2.58 bits per heavy atom. The van der Waals surface area contributed by atoms with Crippen LogP contribution in [0.4, 0.5) is 0 Å². The molecule has 1 heterocycles. The second-order valence-corrected chi connectivity index (χ2v) is 7.24. The first-order valence-electron chi connectivity index (χ1n) is 9.11. The van der Waals surface area contributed by atoms with E-state index in [4.69, 9.17) is 16.3 Å². The zero-order valence-corrected chi connectivity index (χ0v) is 15.8. The third-order valence-electron chi connectivity index (χ3n) is 5.21. The topological polar surface area (TPSA) is 49.9 Å². The van der Waals surface area contributed by atoms with E-state index in [2.05, 4.69) is 12.2 Å². The van der Waals surface area contributed by atoms with Crippen molar-refractivity contribution in [3.63, 3.8) is 0 Å². The van der Waals surface area contributed by atoms with Crippen molar-refractivity contribution in [3.8, 4) is 0 Å². The van der Waals surface area contributed by atoms with Gasteiger partial charge >= 0.3 is 5.97 Å². The quantitative estimate of drug-likeness (QED) is 0.585. The van der Waals surface area contributed by atoms with E-state index in [0.29, 0.717) is 43.5 Å². The average molecular weight is 377 g/mol. The smallest absolute Gasteiger partial charge is 0.327 e. The van der Waals surface area contributed by atoms with Crippen LogP contribution < -0.4 is 0 Å². The molecule has 5 nitrogen and oxygen atoms in total. The van der Waals surface area contributed by atoms with Crippen molar-refractivity contribution in [3.05, 3.63) is 47.0 Å². The van der Waals surface area contributed by atoms with Gasteiger partial charge in [-0.3, -0.25) is 9.69 Å². The zero-order valence-electron chi connectivity index (χ0n) is 15.1. The molecule has 0 N–H and O–H groups in total. The second kappa shape index (κ2) is 8.69. The van der Waals surface area contributed by atoms with Crippen molar-refractivity contribution in [2.75, 3.05) is 33.3 Å². The third-order valence-corrected chi connectivity index (χ3v) is 5.55. The SMILES string of the molecule is COC(=O)C(c1ccccc1Cl)N1CCN(C(=O)CC2C=CCC2)CC1. The highest BCUT2D eigenvalue weighted by Gasteiger charge is 2.33. The Balaban J connectivity index is 1.64. The maximum atomic E-state index is 12.5. The second-order valence-electron chi connectivity index (χ2n) is 6.83. The lowest BCUT2D eigenvalue weighted by molar-refractivity contribution is -0.148. The Hall–Kier alpha value is -1.85. The Labute approximate surface area is 159 Å². The Morgan fingerprint density at radius 2 is 1.96 bits per heavy atom. The number of hydrogen-bond acceptors (Lipinski definition) is 4. The van der Waals surface area contributed by atoms with E-state index < -0.39 is 6.04 Å². The Kier molecular flexibility index (Phi) is 6.33. The fraction of sp³-hybridized carbons (Fsp3) is 0.500. The minimum absolute atomic E-state index is 0.202. The molecule has 2 aliphatic rings. The molecule has 2 atom stereocenters. The summed E-state index contributed by atoms with van der Waals surface area (Å²) >= 11 is 6.31. The van der Waals surface area contributed by atoms with Gasteiger partial charge in [-0.2, -0.15) is 0 Å². The lowest BCUT2D eigenvalue weighted by Crippen LogP contribution is -2.51. The number of halogens is 1. The molecule has 0 bridgehead atoms. The van der Waals surface area contributed by atoms with E-state index in [1.54, 1.807) is 6.07 Å². The molecule has 0 aromatic heterocycles. The van der Waals surface area contributed by atoms with E-state index in [9.17, 15) is 9.59 Å². The van der Waals surface area contributed by atoms with Crippen molar-refractivity contribution < 1.29 is 14.3 Å². The number of esters is 1. The van der Waals surface area contributed by atoms with E-state index in [-0.39, 0.29) is 11.9 Å². The van der Waals surface area contributed by atoms with Gasteiger partial charge in [0.05, 0.1) is 7.11 Å². The van der Waals surface area contributed by atoms with E-state index in [0.717, 1.165) is 18.4 Å². The van der Waals surface area contributed by atoms with Crippen LogP contribution in [0.2, 0.25) is 5.02 Å². The van der Waals surface area contributed by atoms with Gasteiger partial charge in [0, 0.05) is 37.6 Å². The van der Waals surface area contributed by atoms with Crippen LogP contribution in [-0.4, -0.2) is 55.0 Å². The van der Waals surface area contributed by atoms with Gasteiger partial charge in [0.2, 0.25) is 5.91 Å². The van der Waals surface area contributed by atoms with E-state index >= 15 is 0 Å². The molecule has 1 fully saturated rings. The molecular weight excluding hydrogens is 352 g/mol. The van der Waals surface area contributed by atoms with Crippen molar-refractivity contribution in [1.29, 1.82) is 0 Å². The van der Waals surface area contributed by atoms with Gasteiger partial charge in [-0.25, -0.2) is 4.79 Å². The van der Waals surface area contributed by atoms with Gasteiger partial charge in [-0.1, -0.05) is 42.0 Å². The van der Waals surface area contributed by atoms with Crippen molar-refractivity contribution >= 4 is 23.5 Å². The summed E-state index contributed by atoms with van der Waals surface area (Å²) in [5.41, 5.74) is 0.747. The number of carbonyl (C=O) groups excluding carboxylic acids is 2. The van der Waals surface area contributed by atoms with E-state index in [1.807, 2.05) is 28.0 Å². The molecule has 26 heavy (non-hydrogen) atoms. The number of ether oxygens (including phenoxy) is 1. The highest BCUT2D eigenvalue weighted by atomic mass is 35.5. The number of allylic oxidation sites excluding steroid dienone is 2. The molecule has 0 radical (unpaired) electrons. The molecule has 0 spiro atoms. The summed E-state index contributed by atoms with van der Waals surface area (Å²) in [6.07, 6.45) is 7.04. The fourth-order valence-electron chi connectivity index (χ4n) is 3.73. The van der Waals surface area contributed by atoms with Crippen molar-refractivity contribution in [1.82, 2.24) is 9.80 Å². The van der Waals surface area contributed by atoms with Gasteiger partial charge in [0.1, 0.15) is 6.04 Å². The van der Waals surface area contributed by atoms with Gasteiger partial charge in [-0.15, -0.1) is 0 Å². The molecule has 1 aliphatic heterocycles. The average Bonchev–Trinajstić information content (AvgIpc) is 3.17. The van der Waals surface area contributed by atoms with Crippen molar-refractivity contribution in [2.24, 2.45) is 5.92 Å². The molecule has 140 valence electrons.